The van der Waals surface area contributed by atoms with Crippen LogP contribution in [0.2, 0.25) is 0 Å². The highest BCUT2D eigenvalue weighted by Crippen LogP contribution is 2.35. The average Bonchev–Trinajstić information content (AvgIpc) is 3.12. The Balaban J connectivity index is 1.51. The molecule has 0 spiro atoms. The summed E-state index contributed by atoms with van der Waals surface area (Å²) in [5.41, 5.74) is 1.37. The van der Waals surface area contributed by atoms with E-state index in [0.29, 0.717) is 24.6 Å². The number of hydrogen-bond donors (Lipinski definition) is 0. The first-order valence-electron chi connectivity index (χ1n) is 8.44. The van der Waals surface area contributed by atoms with Crippen molar-refractivity contribution >= 4 is 31.6 Å². The number of rotatable bonds is 3. The van der Waals surface area contributed by atoms with E-state index in [4.69, 9.17) is 10.2 Å². The number of fused-ring (bicyclic) bond motifs is 1. The van der Waals surface area contributed by atoms with Crippen molar-refractivity contribution in [1.29, 1.82) is 5.26 Å². The van der Waals surface area contributed by atoms with Gasteiger partial charge >= 0.3 is 0 Å². The van der Waals surface area contributed by atoms with Gasteiger partial charge in [-0.1, -0.05) is 18.2 Å². The molecule has 1 aromatic heterocycles. The zero-order valence-corrected chi connectivity index (χ0v) is 15.6. The van der Waals surface area contributed by atoms with Gasteiger partial charge in [0.05, 0.1) is 31.8 Å². The molecule has 0 amide bonds. The van der Waals surface area contributed by atoms with Gasteiger partial charge in [0.15, 0.2) is 0 Å². The maximum atomic E-state index is 12.8. The van der Waals surface area contributed by atoms with Crippen molar-refractivity contribution in [1.82, 2.24) is 9.29 Å². The predicted molar refractivity (Wildman–Crippen MR) is 102 cm³/mol. The largest absolute Gasteiger partial charge is 0.243 e. The van der Waals surface area contributed by atoms with E-state index in [1.165, 1.54) is 15.1 Å². The van der Waals surface area contributed by atoms with Gasteiger partial charge in [-0.25, -0.2) is 13.4 Å². The number of thiazole rings is 1. The van der Waals surface area contributed by atoms with Gasteiger partial charge in [0, 0.05) is 19.0 Å². The third kappa shape index (κ3) is 3.12. The Hall–Kier alpha value is -2.27. The van der Waals surface area contributed by atoms with E-state index in [1.54, 1.807) is 29.5 Å². The molecule has 0 saturated carbocycles. The molecule has 4 rings (SSSR count). The van der Waals surface area contributed by atoms with Crippen LogP contribution in [0.4, 0.5) is 0 Å². The zero-order valence-electron chi connectivity index (χ0n) is 14.0. The zero-order chi connectivity index (χ0) is 18.1. The molecule has 0 aliphatic carbocycles. The predicted octanol–water partition coefficient (Wildman–Crippen LogP) is 3.74. The lowest BCUT2D eigenvalue weighted by Gasteiger charge is -2.30. The van der Waals surface area contributed by atoms with Gasteiger partial charge < -0.3 is 0 Å². The van der Waals surface area contributed by atoms with Crippen LogP contribution in [0.15, 0.2) is 53.4 Å². The Morgan fingerprint density at radius 2 is 1.88 bits per heavy atom. The van der Waals surface area contributed by atoms with Crippen LogP contribution in [-0.2, 0) is 10.0 Å². The van der Waals surface area contributed by atoms with Gasteiger partial charge in [0.2, 0.25) is 10.0 Å². The SMILES string of the molecule is N#Cc1cccc(S(=O)(=O)N2CCC(c3nc4ccccc4s3)CC2)c1. The quantitative estimate of drug-likeness (QED) is 0.691. The molecule has 0 bridgehead atoms. The molecule has 26 heavy (non-hydrogen) atoms. The molecule has 1 fully saturated rings. The Morgan fingerprint density at radius 1 is 1.12 bits per heavy atom. The molecule has 1 aliphatic rings. The number of sulfonamides is 1. The first-order chi connectivity index (χ1) is 12.6. The minimum atomic E-state index is -3.56. The molecule has 1 aliphatic heterocycles. The molecule has 132 valence electrons. The van der Waals surface area contributed by atoms with E-state index in [2.05, 4.69) is 6.07 Å². The third-order valence-electron chi connectivity index (χ3n) is 4.71. The van der Waals surface area contributed by atoms with Gasteiger partial charge in [-0.3, -0.25) is 0 Å². The number of piperidine rings is 1. The van der Waals surface area contributed by atoms with Gasteiger partial charge in [-0.2, -0.15) is 9.57 Å². The second-order valence-corrected chi connectivity index (χ2v) is 9.34. The summed E-state index contributed by atoms with van der Waals surface area (Å²) in [6.07, 6.45) is 1.52. The maximum absolute atomic E-state index is 12.8. The van der Waals surface area contributed by atoms with Crippen molar-refractivity contribution in [3.8, 4) is 6.07 Å². The minimum Gasteiger partial charge on any atom is -0.241 e. The molecule has 3 aromatic rings. The summed E-state index contributed by atoms with van der Waals surface area (Å²) in [7, 11) is -3.56. The average molecular weight is 383 g/mol. The van der Waals surface area contributed by atoms with Gasteiger partial charge in [0.25, 0.3) is 0 Å². The fraction of sp³-hybridized carbons (Fsp3) is 0.263. The van der Waals surface area contributed by atoms with Gasteiger partial charge in [0.1, 0.15) is 0 Å². The van der Waals surface area contributed by atoms with E-state index in [-0.39, 0.29) is 4.90 Å². The van der Waals surface area contributed by atoms with Crippen molar-refractivity contribution in [3.05, 3.63) is 59.1 Å². The number of hydrogen-bond acceptors (Lipinski definition) is 5. The summed E-state index contributed by atoms with van der Waals surface area (Å²) in [5.74, 6) is 0.296. The van der Waals surface area contributed by atoms with Crippen LogP contribution in [0.25, 0.3) is 10.2 Å². The van der Waals surface area contributed by atoms with E-state index < -0.39 is 10.0 Å². The summed E-state index contributed by atoms with van der Waals surface area (Å²) >= 11 is 1.70. The van der Waals surface area contributed by atoms with Crippen LogP contribution in [-0.4, -0.2) is 30.8 Å². The van der Waals surface area contributed by atoms with Crippen molar-refractivity contribution in [3.63, 3.8) is 0 Å². The smallest absolute Gasteiger partial charge is 0.241 e. The lowest BCUT2D eigenvalue weighted by Crippen LogP contribution is -2.37. The summed E-state index contributed by atoms with van der Waals surface area (Å²) in [6.45, 7) is 0.944. The Kier molecular flexibility index (Phi) is 4.49. The number of para-hydroxylation sites is 1. The number of aromatic nitrogens is 1. The number of nitriles is 1. The van der Waals surface area contributed by atoms with Crippen LogP contribution < -0.4 is 0 Å². The van der Waals surface area contributed by atoms with Crippen LogP contribution in [0.5, 0.6) is 0 Å². The van der Waals surface area contributed by atoms with Crippen LogP contribution in [0, 0.1) is 11.3 Å². The molecule has 1 saturated heterocycles. The van der Waals surface area contributed by atoms with Crippen LogP contribution >= 0.6 is 11.3 Å². The molecular formula is C19H17N3O2S2. The standard InChI is InChI=1S/C19H17N3O2S2/c20-13-14-4-3-5-16(12-14)26(23,24)22-10-8-15(9-11-22)19-21-17-6-1-2-7-18(17)25-19/h1-7,12,15H,8-11H2. The van der Waals surface area contributed by atoms with Crippen molar-refractivity contribution in [2.75, 3.05) is 13.1 Å². The Morgan fingerprint density at radius 3 is 2.62 bits per heavy atom. The minimum absolute atomic E-state index is 0.190. The highest BCUT2D eigenvalue weighted by molar-refractivity contribution is 7.89. The Bertz CT molecular complexity index is 1060. The molecule has 0 radical (unpaired) electrons. The second-order valence-electron chi connectivity index (χ2n) is 6.34. The highest BCUT2D eigenvalue weighted by atomic mass is 32.2. The summed E-state index contributed by atoms with van der Waals surface area (Å²) in [4.78, 5) is 4.91. The van der Waals surface area contributed by atoms with Crippen molar-refractivity contribution in [2.24, 2.45) is 0 Å². The fourth-order valence-electron chi connectivity index (χ4n) is 3.28. The summed E-state index contributed by atoms with van der Waals surface area (Å²) < 4.78 is 28.4. The lowest BCUT2D eigenvalue weighted by atomic mass is 9.99. The topological polar surface area (TPSA) is 74.1 Å². The number of benzene rings is 2. The molecule has 7 heteroatoms. The Labute approximate surface area is 156 Å². The first kappa shape index (κ1) is 17.2. The summed E-state index contributed by atoms with van der Waals surface area (Å²) in [6, 6.07) is 16.3. The monoisotopic (exact) mass is 383 g/mol. The van der Waals surface area contributed by atoms with E-state index >= 15 is 0 Å². The molecule has 0 N–H and O–H groups in total. The van der Waals surface area contributed by atoms with Gasteiger partial charge in [-0.05, 0) is 43.2 Å². The highest BCUT2D eigenvalue weighted by Gasteiger charge is 2.31. The number of nitrogens with zero attached hydrogens (tertiary/aromatic N) is 3. The van der Waals surface area contributed by atoms with Crippen LogP contribution in [0.1, 0.15) is 29.3 Å². The molecule has 0 unspecified atom stereocenters. The molecule has 2 heterocycles. The molecule has 5 nitrogen and oxygen atoms in total. The third-order valence-corrected chi connectivity index (χ3v) is 7.81. The second kappa shape index (κ2) is 6.80. The normalized spacial score (nSPS) is 16.6. The summed E-state index contributed by atoms with van der Waals surface area (Å²) in [5, 5.41) is 10.1. The van der Waals surface area contributed by atoms with Crippen molar-refractivity contribution < 1.29 is 8.42 Å². The molecule has 0 atom stereocenters. The first-order valence-corrected chi connectivity index (χ1v) is 10.7. The fourth-order valence-corrected chi connectivity index (χ4v) is 5.94. The molecule has 2 aromatic carbocycles. The van der Waals surface area contributed by atoms with Crippen LogP contribution in [0.3, 0.4) is 0 Å². The lowest BCUT2D eigenvalue weighted by molar-refractivity contribution is 0.319. The maximum Gasteiger partial charge on any atom is 0.243 e. The van der Waals surface area contributed by atoms with Gasteiger partial charge in [-0.15, -0.1) is 11.3 Å². The van der Waals surface area contributed by atoms with Crippen molar-refractivity contribution in [2.45, 2.75) is 23.7 Å². The van der Waals surface area contributed by atoms with E-state index in [9.17, 15) is 8.42 Å². The van der Waals surface area contributed by atoms with E-state index in [1.807, 2.05) is 24.3 Å². The molecular weight excluding hydrogens is 366 g/mol. The van der Waals surface area contributed by atoms with E-state index in [0.717, 1.165) is 23.4 Å².